The number of aromatic amines is 2. The molecular formula is C13H12BrN3O2. The Morgan fingerprint density at radius 3 is 2.68 bits per heavy atom. The molecule has 2 aromatic rings. The highest BCUT2D eigenvalue weighted by molar-refractivity contribution is 9.10. The predicted octanol–water partition coefficient (Wildman–Crippen LogP) is 1.66. The van der Waals surface area contributed by atoms with Gasteiger partial charge in [0, 0.05) is 22.1 Å². The molecule has 0 bridgehead atoms. The molecule has 98 valence electrons. The van der Waals surface area contributed by atoms with Crippen LogP contribution in [0.3, 0.4) is 0 Å². The summed E-state index contributed by atoms with van der Waals surface area (Å²) in [5.41, 5.74) is 2.15. The third kappa shape index (κ3) is 2.23. The summed E-state index contributed by atoms with van der Waals surface area (Å²) >= 11 is 3.35. The van der Waals surface area contributed by atoms with Crippen molar-refractivity contribution in [1.82, 2.24) is 15.1 Å². The van der Waals surface area contributed by atoms with Crippen molar-refractivity contribution >= 4 is 21.8 Å². The quantitative estimate of drug-likeness (QED) is 0.838. The molecule has 1 aliphatic heterocycles. The SMILES string of the molecule is O=C(c1ccc(Br)cc1)N1CCc2c([nH][nH]c2=O)C1. The Hall–Kier alpha value is -1.82. The number of halogens is 1. The fraction of sp³-hybridized carbons (Fsp3) is 0.231. The van der Waals surface area contributed by atoms with Crippen LogP contribution in [0, 0.1) is 0 Å². The van der Waals surface area contributed by atoms with Crippen LogP contribution in [0.1, 0.15) is 21.6 Å². The summed E-state index contributed by atoms with van der Waals surface area (Å²) in [4.78, 5) is 25.5. The highest BCUT2D eigenvalue weighted by atomic mass is 79.9. The molecule has 1 aromatic heterocycles. The first-order chi connectivity index (χ1) is 9.15. The fourth-order valence-corrected chi connectivity index (χ4v) is 2.55. The minimum Gasteiger partial charge on any atom is -0.332 e. The number of amides is 1. The maximum atomic E-state index is 12.3. The molecule has 5 nitrogen and oxygen atoms in total. The maximum Gasteiger partial charge on any atom is 0.267 e. The average Bonchev–Trinajstić information content (AvgIpc) is 2.80. The van der Waals surface area contributed by atoms with Crippen molar-refractivity contribution in [3.63, 3.8) is 0 Å². The fourth-order valence-electron chi connectivity index (χ4n) is 2.28. The van der Waals surface area contributed by atoms with Gasteiger partial charge in [-0.1, -0.05) is 15.9 Å². The minimum atomic E-state index is -0.0780. The van der Waals surface area contributed by atoms with Crippen molar-refractivity contribution in [2.45, 2.75) is 13.0 Å². The van der Waals surface area contributed by atoms with Gasteiger partial charge in [0.2, 0.25) is 0 Å². The van der Waals surface area contributed by atoms with Crippen molar-refractivity contribution in [2.75, 3.05) is 6.54 Å². The Morgan fingerprint density at radius 1 is 1.21 bits per heavy atom. The van der Waals surface area contributed by atoms with Crippen molar-refractivity contribution in [2.24, 2.45) is 0 Å². The number of rotatable bonds is 1. The Morgan fingerprint density at radius 2 is 1.95 bits per heavy atom. The zero-order chi connectivity index (χ0) is 13.4. The number of H-pyrrole nitrogens is 2. The van der Waals surface area contributed by atoms with E-state index in [4.69, 9.17) is 0 Å². The van der Waals surface area contributed by atoms with Crippen LogP contribution in [-0.4, -0.2) is 27.5 Å². The molecule has 1 amide bonds. The van der Waals surface area contributed by atoms with E-state index in [9.17, 15) is 9.59 Å². The molecule has 0 spiro atoms. The third-order valence-electron chi connectivity index (χ3n) is 3.32. The van der Waals surface area contributed by atoms with Crippen LogP contribution in [0.15, 0.2) is 33.5 Å². The second kappa shape index (κ2) is 4.70. The Bertz CT molecular complexity index is 672. The largest absolute Gasteiger partial charge is 0.332 e. The lowest BCUT2D eigenvalue weighted by Crippen LogP contribution is -2.36. The molecule has 0 saturated carbocycles. The van der Waals surface area contributed by atoms with Crippen LogP contribution < -0.4 is 5.56 Å². The lowest BCUT2D eigenvalue weighted by Gasteiger charge is -2.26. The van der Waals surface area contributed by atoms with Crippen molar-refractivity contribution < 1.29 is 4.79 Å². The molecule has 2 heterocycles. The second-order valence-electron chi connectivity index (χ2n) is 4.52. The van der Waals surface area contributed by atoms with E-state index in [0.29, 0.717) is 25.1 Å². The number of hydrogen-bond acceptors (Lipinski definition) is 2. The molecule has 0 atom stereocenters. The van der Waals surface area contributed by atoms with E-state index in [1.165, 1.54) is 0 Å². The topological polar surface area (TPSA) is 69.0 Å². The van der Waals surface area contributed by atoms with E-state index in [1.807, 2.05) is 12.1 Å². The minimum absolute atomic E-state index is 0.0137. The number of nitrogens with zero attached hydrogens (tertiary/aromatic N) is 1. The zero-order valence-corrected chi connectivity index (χ0v) is 11.7. The Labute approximate surface area is 117 Å². The number of aromatic nitrogens is 2. The molecule has 1 aromatic carbocycles. The maximum absolute atomic E-state index is 12.3. The highest BCUT2D eigenvalue weighted by Gasteiger charge is 2.24. The Balaban J connectivity index is 1.83. The van der Waals surface area contributed by atoms with Crippen LogP contribution >= 0.6 is 15.9 Å². The van der Waals surface area contributed by atoms with Crippen LogP contribution in [-0.2, 0) is 13.0 Å². The predicted molar refractivity (Wildman–Crippen MR) is 74.0 cm³/mol. The highest BCUT2D eigenvalue weighted by Crippen LogP contribution is 2.17. The summed E-state index contributed by atoms with van der Waals surface area (Å²) in [6, 6.07) is 7.28. The van der Waals surface area contributed by atoms with Crippen molar-refractivity contribution in [3.8, 4) is 0 Å². The van der Waals surface area contributed by atoms with Crippen LogP contribution in [0.25, 0.3) is 0 Å². The van der Waals surface area contributed by atoms with Gasteiger partial charge in [-0.25, -0.2) is 0 Å². The smallest absolute Gasteiger partial charge is 0.267 e. The lowest BCUT2D eigenvalue weighted by molar-refractivity contribution is 0.0732. The van der Waals surface area contributed by atoms with E-state index in [1.54, 1.807) is 17.0 Å². The zero-order valence-electron chi connectivity index (χ0n) is 10.1. The standard InChI is InChI=1S/C13H12BrN3O2/c14-9-3-1-8(2-4-9)13(19)17-6-5-10-11(7-17)15-16-12(10)18/h1-4H,5-7H2,(H2,15,16,18). The molecule has 6 heteroatoms. The van der Waals surface area contributed by atoms with E-state index >= 15 is 0 Å². The van der Waals surface area contributed by atoms with Gasteiger partial charge in [-0.05, 0) is 30.7 Å². The van der Waals surface area contributed by atoms with E-state index in [0.717, 1.165) is 15.7 Å². The number of hydrogen-bond donors (Lipinski definition) is 2. The van der Waals surface area contributed by atoms with Gasteiger partial charge in [0.1, 0.15) is 0 Å². The lowest BCUT2D eigenvalue weighted by atomic mass is 10.1. The van der Waals surface area contributed by atoms with E-state index in [2.05, 4.69) is 26.1 Å². The first-order valence-corrected chi connectivity index (χ1v) is 6.77. The molecule has 0 fully saturated rings. The molecule has 0 radical (unpaired) electrons. The molecule has 19 heavy (non-hydrogen) atoms. The van der Waals surface area contributed by atoms with E-state index < -0.39 is 0 Å². The van der Waals surface area contributed by atoms with Gasteiger partial charge in [0.05, 0.1) is 12.2 Å². The van der Waals surface area contributed by atoms with Gasteiger partial charge in [-0.2, -0.15) is 0 Å². The van der Waals surface area contributed by atoms with Gasteiger partial charge >= 0.3 is 0 Å². The summed E-state index contributed by atoms with van der Waals surface area (Å²) < 4.78 is 0.944. The number of fused-ring (bicyclic) bond motifs is 1. The molecular weight excluding hydrogens is 310 g/mol. The summed E-state index contributed by atoms with van der Waals surface area (Å²) in [5.74, 6) is -0.0137. The van der Waals surface area contributed by atoms with Gasteiger partial charge in [0.15, 0.2) is 0 Å². The van der Waals surface area contributed by atoms with Crippen LogP contribution in [0.5, 0.6) is 0 Å². The van der Waals surface area contributed by atoms with Gasteiger partial charge in [-0.3, -0.25) is 14.7 Å². The van der Waals surface area contributed by atoms with Gasteiger partial charge in [-0.15, -0.1) is 0 Å². The molecule has 1 aliphatic rings. The van der Waals surface area contributed by atoms with Crippen LogP contribution in [0.4, 0.5) is 0 Å². The number of carbonyl (C=O) groups is 1. The number of benzene rings is 1. The summed E-state index contributed by atoms with van der Waals surface area (Å²) in [6.45, 7) is 1.02. The summed E-state index contributed by atoms with van der Waals surface area (Å²) in [7, 11) is 0. The number of carbonyl (C=O) groups excluding carboxylic acids is 1. The second-order valence-corrected chi connectivity index (χ2v) is 5.44. The third-order valence-corrected chi connectivity index (χ3v) is 3.85. The van der Waals surface area contributed by atoms with Crippen molar-refractivity contribution in [1.29, 1.82) is 0 Å². The van der Waals surface area contributed by atoms with Gasteiger partial charge in [0.25, 0.3) is 11.5 Å². The van der Waals surface area contributed by atoms with E-state index in [-0.39, 0.29) is 11.5 Å². The average molecular weight is 322 g/mol. The van der Waals surface area contributed by atoms with Gasteiger partial charge < -0.3 is 10.00 Å². The molecule has 3 rings (SSSR count). The molecule has 2 N–H and O–H groups in total. The molecule has 0 aliphatic carbocycles. The molecule has 0 unspecified atom stereocenters. The Kier molecular flexibility index (Phi) is 3.02. The molecule has 0 saturated heterocycles. The van der Waals surface area contributed by atoms with Crippen LogP contribution in [0.2, 0.25) is 0 Å². The summed E-state index contributed by atoms with van der Waals surface area (Å²) in [5, 5.41) is 5.39. The first-order valence-electron chi connectivity index (χ1n) is 5.98. The number of nitrogens with one attached hydrogen (secondary N) is 2. The summed E-state index contributed by atoms with van der Waals surface area (Å²) in [6.07, 6.45) is 0.594. The van der Waals surface area contributed by atoms with Crippen molar-refractivity contribution in [3.05, 3.63) is 55.9 Å². The first kappa shape index (κ1) is 12.2. The normalized spacial score (nSPS) is 14.3. The monoisotopic (exact) mass is 321 g/mol.